The van der Waals surface area contributed by atoms with E-state index in [0.717, 1.165) is 38.9 Å². The second kappa shape index (κ2) is 7.90. The number of hydrogen-bond donors (Lipinski definition) is 0. The molecule has 160 valence electrons. The predicted octanol–water partition coefficient (Wildman–Crippen LogP) is 5.36. The third-order valence-electron chi connectivity index (χ3n) is 7.89. The number of likely N-dealkylation sites (tertiary alicyclic amines) is 2. The zero-order valence-electron chi connectivity index (χ0n) is 18.4. The van der Waals surface area contributed by atoms with E-state index in [9.17, 15) is 5.21 Å². The maximum atomic E-state index is 14.2. The summed E-state index contributed by atoms with van der Waals surface area (Å²) in [4.78, 5) is 2.52. The zero-order valence-corrected chi connectivity index (χ0v) is 18.4. The Morgan fingerprint density at radius 3 is 1.77 bits per heavy atom. The van der Waals surface area contributed by atoms with Crippen molar-refractivity contribution in [2.75, 3.05) is 26.7 Å². The van der Waals surface area contributed by atoms with Crippen molar-refractivity contribution < 1.29 is 4.65 Å². The van der Waals surface area contributed by atoms with Crippen molar-refractivity contribution in [3.05, 3.63) is 113 Å². The highest BCUT2D eigenvalue weighted by molar-refractivity contribution is 5.41. The molecule has 0 bridgehead atoms. The van der Waals surface area contributed by atoms with Gasteiger partial charge in [-0.3, -0.25) is 4.90 Å². The SMILES string of the molecule is C[N+]1([O-])CC(c2ccccc2)(c2ccccc2)CC12CCN(Cc1ccccc1)CC2. The summed E-state index contributed by atoms with van der Waals surface area (Å²) in [5, 5.41) is 14.2. The lowest BCUT2D eigenvalue weighted by Gasteiger charge is -2.53. The summed E-state index contributed by atoms with van der Waals surface area (Å²) < 4.78 is -0.143. The zero-order chi connectivity index (χ0) is 21.4. The van der Waals surface area contributed by atoms with Crippen LogP contribution in [0.25, 0.3) is 0 Å². The molecule has 31 heavy (non-hydrogen) atoms. The number of likely N-dealkylation sites (N-methyl/N-ethyl adjacent to an activating group) is 1. The minimum atomic E-state index is -0.223. The molecule has 0 amide bonds. The second-order valence-corrected chi connectivity index (χ2v) is 9.74. The van der Waals surface area contributed by atoms with Crippen LogP contribution >= 0.6 is 0 Å². The van der Waals surface area contributed by atoms with Gasteiger partial charge in [0, 0.05) is 38.9 Å². The van der Waals surface area contributed by atoms with Crippen LogP contribution in [0.1, 0.15) is 36.0 Å². The smallest absolute Gasteiger partial charge is 0.103 e. The molecular formula is C28H32N2O. The molecule has 2 aliphatic heterocycles. The quantitative estimate of drug-likeness (QED) is 0.426. The predicted molar refractivity (Wildman–Crippen MR) is 126 cm³/mol. The highest BCUT2D eigenvalue weighted by atomic mass is 16.5. The lowest BCUT2D eigenvalue weighted by molar-refractivity contribution is -0.903. The number of quaternary nitrogens is 1. The molecule has 1 spiro atoms. The van der Waals surface area contributed by atoms with Crippen molar-refractivity contribution >= 4 is 0 Å². The van der Waals surface area contributed by atoms with Crippen LogP contribution in [0.5, 0.6) is 0 Å². The minimum Gasteiger partial charge on any atom is -0.633 e. The number of piperidine rings is 1. The molecule has 0 saturated carbocycles. The standard InChI is InChI=1S/C28H32N2O/c1-30(31)23-28(25-13-7-3-8-14-25,26-15-9-4-10-16-26)22-27(30)17-19-29(20-18-27)21-24-11-5-2-6-12-24/h2-16H,17-23H2,1H3. The second-order valence-electron chi connectivity index (χ2n) is 9.74. The number of hydrogen-bond acceptors (Lipinski definition) is 2. The summed E-state index contributed by atoms with van der Waals surface area (Å²) in [7, 11) is 1.93. The molecule has 2 heterocycles. The van der Waals surface area contributed by atoms with E-state index in [1.807, 2.05) is 7.05 Å². The minimum absolute atomic E-state index is 0.143. The van der Waals surface area contributed by atoms with Gasteiger partial charge in [0.05, 0.1) is 19.0 Å². The Morgan fingerprint density at radius 1 is 0.774 bits per heavy atom. The van der Waals surface area contributed by atoms with Gasteiger partial charge >= 0.3 is 0 Å². The number of benzene rings is 3. The van der Waals surface area contributed by atoms with E-state index >= 15 is 0 Å². The van der Waals surface area contributed by atoms with Crippen LogP contribution in [0, 0.1) is 5.21 Å². The molecule has 3 heteroatoms. The normalized spacial score (nSPS) is 25.0. The molecule has 3 nitrogen and oxygen atoms in total. The molecule has 1 unspecified atom stereocenters. The monoisotopic (exact) mass is 412 g/mol. The van der Waals surface area contributed by atoms with Crippen LogP contribution in [0.2, 0.25) is 0 Å². The Kier molecular flexibility index (Phi) is 5.21. The van der Waals surface area contributed by atoms with E-state index in [4.69, 9.17) is 0 Å². The van der Waals surface area contributed by atoms with Crippen LogP contribution < -0.4 is 0 Å². The molecule has 0 aliphatic carbocycles. The topological polar surface area (TPSA) is 26.3 Å². The first kappa shape index (κ1) is 20.4. The van der Waals surface area contributed by atoms with Crippen LogP contribution in [0.15, 0.2) is 91.0 Å². The van der Waals surface area contributed by atoms with Crippen molar-refractivity contribution in [3.8, 4) is 0 Å². The Hall–Kier alpha value is -2.46. The third kappa shape index (κ3) is 3.61. The van der Waals surface area contributed by atoms with E-state index in [0.29, 0.717) is 6.54 Å². The molecule has 0 aromatic heterocycles. The highest BCUT2D eigenvalue weighted by Gasteiger charge is 2.60. The Bertz CT molecular complexity index is 953. The van der Waals surface area contributed by atoms with Crippen molar-refractivity contribution in [3.63, 3.8) is 0 Å². The van der Waals surface area contributed by atoms with Crippen molar-refractivity contribution in [1.82, 2.24) is 4.90 Å². The van der Waals surface area contributed by atoms with Gasteiger partial charge in [-0.2, -0.15) is 0 Å². The van der Waals surface area contributed by atoms with Crippen LogP contribution in [-0.2, 0) is 12.0 Å². The fraction of sp³-hybridized carbons (Fsp3) is 0.357. The number of nitrogens with zero attached hydrogens (tertiary/aromatic N) is 2. The first-order valence-electron chi connectivity index (χ1n) is 11.5. The molecule has 2 fully saturated rings. The molecule has 2 aliphatic rings. The van der Waals surface area contributed by atoms with E-state index < -0.39 is 0 Å². The van der Waals surface area contributed by atoms with Gasteiger partial charge in [0.2, 0.25) is 0 Å². The fourth-order valence-corrected chi connectivity index (χ4v) is 6.15. The summed E-state index contributed by atoms with van der Waals surface area (Å²) >= 11 is 0. The maximum absolute atomic E-state index is 14.2. The van der Waals surface area contributed by atoms with Crippen LogP contribution in [-0.4, -0.2) is 41.8 Å². The molecule has 5 rings (SSSR count). The molecule has 3 aromatic rings. The average molecular weight is 413 g/mol. The van der Waals surface area contributed by atoms with Gasteiger partial charge < -0.3 is 9.85 Å². The lowest BCUT2D eigenvalue weighted by Crippen LogP contribution is -2.58. The van der Waals surface area contributed by atoms with Gasteiger partial charge in [-0.1, -0.05) is 91.0 Å². The van der Waals surface area contributed by atoms with E-state index in [1.54, 1.807) is 0 Å². The van der Waals surface area contributed by atoms with Gasteiger partial charge in [-0.25, -0.2) is 0 Å². The van der Waals surface area contributed by atoms with E-state index in [1.165, 1.54) is 16.7 Å². The Labute approximate surface area is 186 Å². The first-order chi connectivity index (χ1) is 15.0. The summed E-state index contributed by atoms with van der Waals surface area (Å²) in [6.07, 6.45) is 2.84. The van der Waals surface area contributed by atoms with Gasteiger partial charge in [-0.15, -0.1) is 0 Å². The number of rotatable bonds is 4. The van der Waals surface area contributed by atoms with Crippen molar-refractivity contribution in [2.45, 2.75) is 36.8 Å². The van der Waals surface area contributed by atoms with E-state index in [2.05, 4.69) is 95.9 Å². The summed E-state index contributed by atoms with van der Waals surface area (Å²) in [5.74, 6) is 0. The summed E-state index contributed by atoms with van der Waals surface area (Å²) in [6.45, 7) is 3.57. The van der Waals surface area contributed by atoms with Gasteiger partial charge in [0.25, 0.3) is 0 Å². The van der Waals surface area contributed by atoms with Crippen molar-refractivity contribution in [2.24, 2.45) is 0 Å². The fourth-order valence-electron chi connectivity index (χ4n) is 6.15. The van der Waals surface area contributed by atoms with Crippen molar-refractivity contribution in [1.29, 1.82) is 0 Å². The van der Waals surface area contributed by atoms with Crippen LogP contribution in [0.3, 0.4) is 0 Å². The maximum Gasteiger partial charge on any atom is 0.103 e. The Balaban J connectivity index is 1.44. The number of hydroxylamine groups is 3. The van der Waals surface area contributed by atoms with E-state index in [-0.39, 0.29) is 15.6 Å². The molecule has 2 saturated heterocycles. The molecule has 1 atom stereocenters. The van der Waals surface area contributed by atoms with Crippen LogP contribution in [0.4, 0.5) is 0 Å². The lowest BCUT2D eigenvalue weighted by atomic mass is 9.69. The first-order valence-corrected chi connectivity index (χ1v) is 11.5. The Morgan fingerprint density at radius 2 is 1.26 bits per heavy atom. The largest absolute Gasteiger partial charge is 0.633 e. The van der Waals surface area contributed by atoms with Gasteiger partial charge in [-0.05, 0) is 16.7 Å². The molecule has 0 N–H and O–H groups in total. The highest BCUT2D eigenvalue weighted by Crippen LogP contribution is 2.54. The molecular weight excluding hydrogens is 380 g/mol. The third-order valence-corrected chi connectivity index (χ3v) is 7.89. The van der Waals surface area contributed by atoms with Gasteiger partial charge in [0.1, 0.15) is 5.54 Å². The molecule has 3 aromatic carbocycles. The molecule has 0 radical (unpaired) electrons. The van der Waals surface area contributed by atoms with Gasteiger partial charge in [0.15, 0.2) is 0 Å². The summed E-state index contributed by atoms with van der Waals surface area (Å²) in [6, 6.07) is 32.2. The summed E-state index contributed by atoms with van der Waals surface area (Å²) in [5.41, 5.74) is 3.47. The average Bonchev–Trinajstić information content (AvgIpc) is 3.05.